The molecule has 1 atom stereocenters. The number of rotatable bonds is 8. The van der Waals surface area contributed by atoms with Crippen LogP contribution in [0.3, 0.4) is 0 Å². The molecule has 0 aliphatic rings. The van der Waals surface area contributed by atoms with Crippen LogP contribution in [-0.2, 0) is 9.59 Å². The molecule has 120 valence electrons. The summed E-state index contributed by atoms with van der Waals surface area (Å²) in [6, 6.07) is 0. The van der Waals surface area contributed by atoms with Crippen molar-refractivity contribution >= 4 is 11.9 Å². The second-order valence-corrected chi connectivity index (χ2v) is 5.32. The summed E-state index contributed by atoms with van der Waals surface area (Å²) in [5.41, 5.74) is -2.02. The highest BCUT2D eigenvalue weighted by molar-refractivity contribution is 5.68. The predicted molar refractivity (Wildman–Crippen MR) is 75.6 cm³/mol. The molecule has 0 bridgehead atoms. The fourth-order valence-corrected chi connectivity index (χ4v) is 1.73. The van der Waals surface area contributed by atoms with Gasteiger partial charge in [-0.05, 0) is 26.2 Å². The first-order valence-electron chi connectivity index (χ1n) is 6.90. The van der Waals surface area contributed by atoms with Gasteiger partial charge in [-0.25, -0.2) is 0 Å². The number of aliphatic carboxylic acids is 2. The average Bonchev–Trinajstić information content (AvgIpc) is 2.27. The molecule has 0 aliphatic heterocycles. The van der Waals surface area contributed by atoms with E-state index in [2.05, 4.69) is 0 Å². The minimum Gasteiger partial charge on any atom is -0.481 e. The molecule has 1 unspecified atom stereocenters. The Balaban J connectivity index is 0. The maximum Gasteiger partial charge on any atom is 0.306 e. The Labute approximate surface area is 120 Å². The molecule has 0 aromatic rings. The van der Waals surface area contributed by atoms with Gasteiger partial charge in [-0.3, -0.25) is 9.59 Å². The van der Waals surface area contributed by atoms with E-state index >= 15 is 0 Å². The van der Waals surface area contributed by atoms with E-state index in [1.165, 1.54) is 0 Å². The minimum atomic E-state index is -1.03. The zero-order chi connectivity index (χ0) is 16.4. The van der Waals surface area contributed by atoms with Crippen LogP contribution in [0.1, 0.15) is 66.2 Å². The number of hydrogen-bond acceptors (Lipinski definition) is 4. The van der Waals surface area contributed by atoms with Gasteiger partial charge in [0.05, 0.1) is 24.0 Å². The van der Waals surface area contributed by atoms with Crippen LogP contribution in [0.5, 0.6) is 0 Å². The van der Waals surface area contributed by atoms with Gasteiger partial charge in [0.2, 0.25) is 0 Å². The monoisotopic (exact) mass is 292 g/mol. The standard InChI is InChI=1S/2C7H14O3/c1-3-4-7(2,10)5-6(8)9;1-3-7(10,4-2)5-6(8)9/h2*10H,3-5H2,1-2H3,(H,8,9). The van der Waals surface area contributed by atoms with E-state index in [-0.39, 0.29) is 12.8 Å². The van der Waals surface area contributed by atoms with Gasteiger partial charge in [0.25, 0.3) is 0 Å². The Kier molecular flexibility index (Phi) is 10.3. The molecule has 0 saturated carbocycles. The second kappa shape index (κ2) is 9.72. The highest BCUT2D eigenvalue weighted by Crippen LogP contribution is 2.18. The highest BCUT2D eigenvalue weighted by Gasteiger charge is 2.25. The van der Waals surface area contributed by atoms with Crippen molar-refractivity contribution in [2.45, 2.75) is 77.4 Å². The van der Waals surface area contributed by atoms with Crippen LogP contribution in [-0.4, -0.2) is 43.6 Å². The average molecular weight is 292 g/mol. The van der Waals surface area contributed by atoms with Crippen LogP contribution in [0.2, 0.25) is 0 Å². The smallest absolute Gasteiger partial charge is 0.306 e. The lowest BCUT2D eigenvalue weighted by Crippen LogP contribution is -2.29. The number of carbonyl (C=O) groups is 2. The number of carboxylic acids is 2. The van der Waals surface area contributed by atoms with Crippen LogP contribution in [0.25, 0.3) is 0 Å². The molecule has 0 aromatic heterocycles. The van der Waals surface area contributed by atoms with Crippen molar-refractivity contribution in [3.63, 3.8) is 0 Å². The van der Waals surface area contributed by atoms with Crippen molar-refractivity contribution in [3.8, 4) is 0 Å². The van der Waals surface area contributed by atoms with Gasteiger partial charge < -0.3 is 20.4 Å². The molecule has 0 amide bonds. The molecule has 0 fully saturated rings. The summed E-state index contributed by atoms with van der Waals surface area (Å²) in [6.45, 7) is 7.03. The van der Waals surface area contributed by atoms with E-state index < -0.39 is 23.1 Å². The van der Waals surface area contributed by atoms with Crippen molar-refractivity contribution in [1.29, 1.82) is 0 Å². The topological polar surface area (TPSA) is 115 Å². The third-order valence-corrected chi connectivity index (χ3v) is 3.12. The summed E-state index contributed by atoms with van der Waals surface area (Å²) >= 11 is 0. The Hall–Kier alpha value is -1.14. The molecule has 0 spiro atoms. The number of aliphatic hydroxyl groups is 2. The first-order valence-corrected chi connectivity index (χ1v) is 6.90. The summed E-state index contributed by atoms with van der Waals surface area (Å²) < 4.78 is 0. The van der Waals surface area contributed by atoms with Crippen molar-refractivity contribution in [1.82, 2.24) is 0 Å². The lowest BCUT2D eigenvalue weighted by Gasteiger charge is -2.22. The maximum absolute atomic E-state index is 10.2. The third kappa shape index (κ3) is 11.9. The summed E-state index contributed by atoms with van der Waals surface area (Å²) in [5, 5.41) is 35.4. The summed E-state index contributed by atoms with van der Waals surface area (Å²) in [4.78, 5) is 20.3. The van der Waals surface area contributed by atoms with Crippen LogP contribution < -0.4 is 0 Å². The molecular weight excluding hydrogens is 264 g/mol. The van der Waals surface area contributed by atoms with Crippen molar-refractivity contribution in [2.75, 3.05) is 0 Å². The van der Waals surface area contributed by atoms with E-state index in [1.807, 2.05) is 6.92 Å². The lowest BCUT2D eigenvalue weighted by atomic mass is 9.94. The van der Waals surface area contributed by atoms with Crippen molar-refractivity contribution < 1.29 is 30.0 Å². The molecule has 0 radical (unpaired) electrons. The van der Waals surface area contributed by atoms with E-state index in [9.17, 15) is 19.8 Å². The summed E-state index contributed by atoms with van der Waals surface area (Å²) in [7, 11) is 0. The Morgan fingerprint density at radius 1 is 0.900 bits per heavy atom. The SMILES string of the molecule is CCC(O)(CC)CC(=O)O.CCCC(C)(O)CC(=O)O. The fourth-order valence-electron chi connectivity index (χ4n) is 1.73. The molecular formula is C14H28O6. The fraction of sp³-hybridized carbons (Fsp3) is 0.857. The first kappa shape index (κ1) is 21.2. The van der Waals surface area contributed by atoms with Crippen LogP contribution >= 0.6 is 0 Å². The van der Waals surface area contributed by atoms with Gasteiger partial charge in [0.1, 0.15) is 0 Å². The number of hydrogen-bond donors (Lipinski definition) is 4. The Bertz CT molecular complexity index is 294. The summed E-state index contributed by atoms with van der Waals surface area (Å²) in [5.74, 6) is -1.88. The second-order valence-electron chi connectivity index (χ2n) is 5.32. The van der Waals surface area contributed by atoms with Crippen molar-refractivity contribution in [2.24, 2.45) is 0 Å². The number of carboxylic acid groups (broad SMARTS) is 2. The molecule has 4 N–H and O–H groups in total. The van der Waals surface area contributed by atoms with Gasteiger partial charge in [0, 0.05) is 0 Å². The maximum atomic E-state index is 10.2. The van der Waals surface area contributed by atoms with Gasteiger partial charge in [-0.1, -0.05) is 27.2 Å². The van der Waals surface area contributed by atoms with Crippen molar-refractivity contribution in [3.05, 3.63) is 0 Å². The molecule has 6 nitrogen and oxygen atoms in total. The van der Waals surface area contributed by atoms with Gasteiger partial charge >= 0.3 is 11.9 Å². The van der Waals surface area contributed by atoms with E-state index in [0.717, 1.165) is 6.42 Å². The molecule has 20 heavy (non-hydrogen) atoms. The van der Waals surface area contributed by atoms with Gasteiger partial charge in [-0.2, -0.15) is 0 Å². The minimum absolute atomic E-state index is 0.153. The largest absolute Gasteiger partial charge is 0.481 e. The zero-order valence-electron chi connectivity index (χ0n) is 12.8. The Morgan fingerprint density at radius 3 is 1.50 bits per heavy atom. The molecule has 0 aromatic carbocycles. The van der Waals surface area contributed by atoms with E-state index in [4.69, 9.17) is 10.2 Å². The normalized spacial score (nSPS) is 13.9. The zero-order valence-corrected chi connectivity index (χ0v) is 12.8. The Morgan fingerprint density at radius 2 is 1.30 bits per heavy atom. The highest BCUT2D eigenvalue weighted by atomic mass is 16.4. The molecule has 0 aliphatic carbocycles. The summed E-state index contributed by atoms with van der Waals surface area (Å²) in [6.07, 6.45) is 2.02. The molecule has 0 rings (SSSR count). The first-order chi connectivity index (χ1) is 9.01. The van der Waals surface area contributed by atoms with Gasteiger partial charge in [0.15, 0.2) is 0 Å². The lowest BCUT2D eigenvalue weighted by molar-refractivity contribution is -0.143. The van der Waals surface area contributed by atoms with Crippen LogP contribution in [0, 0.1) is 0 Å². The quantitative estimate of drug-likeness (QED) is 0.544. The molecule has 0 saturated heterocycles. The predicted octanol–water partition coefficient (Wildman–Crippen LogP) is 2.02. The third-order valence-electron chi connectivity index (χ3n) is 3.12. The van der Waals surface area contributed by atoms with Crippen LogP contribution in [0.4, 0.5) is 0 Å². The van der Waals surface area contributed by atoms with E-state index in [0.29, 0.717) is 19.3 Å². The van der Waals surface area contributed by atoms with E-state index in [1.54, 1.807) is 20.8 Å². The molecule has 6 heteroatoms. The molecule has 0 heterocycles. The van der Waals surface area contributed by atoms with Crippen LogP contribution in [0.15, 0.2) is 0 Å². The van der Waals surface area contributed by atoms with Gasteiger partial charge in [-0.15, -0.1) is 0 Å².